The summed E-state index contributed by atoms with van der Waals surface area (Å²) in [6, 6.07) is 1.98. The third-order valence-corrected chi connectivity index (χ3v) is 1.84. The average molecular weight is 166 g/mol. The molecule has 0 saturated carbocycles. The number of rotatable bonds is 3. The smallest absolute Gasteiger partial charge is 0.137 e. The summed E-state index contributed by atoms with van der Waals surface area (Å²) in [7, 11) is 1.62. The fraction of sp³-hybridized carbons (Fsp3) is 0.444. The van der Waals surface area contributed by atoms with E-state index in [9.17, 15) is 0 Å². The van der Waals surface area contributed by atoms with E-state index < -0.39 is 0 Å². The summed E-state index contributed by atoms with van der Waals surface area (Å²) in [4.78, 5) is 4.02. The lowest BCUT2D eigenvalue weighted by molar-refractivity contribution is 0.411. The summed E-state index contributed by atoms with van der Waals surface area (Å²) in [5.41, 5.74) is 6.85. The van der Waals surface area contributed by atoms with Crippen LogP contribution in [0.1, 0.15) is 24.9 Å². The van der Waals surface area contributed by atoms with E-state index in [0.717, 1.165) is 17.7 Å². The molecular formula is C9H14N2O. The minimum absolute atomic E-state index is 0.0626. The van der Waals surface area contributed by atoms with Gasteiger partial charge in [-0.05, 0) is 18.1 Å². The largest absolute Gasteiger partial charge is 0.495 e. The zero-order chi connectivity index (χ0) is 8.97. The van der Waals surface area contributed by atoms with Crippen molar-refractivity contribution in [1.82, 2.24) is 4.98 Å². The lowest BCUT2D eigenvalue weighted by Gasteiger charge is -2.09. The fourth-order valence-electron chi connectivity index (χ4n) is 0.986. The summed E-state index contributed by atoms with van der Waals surface area (Å²) in [6.45, 7) is 2.05. The van der Waals surface area contributed by atoms with Crippen molar-refractivity contribution in [3.05, 3.63) is 24.0 Å². The maximum absolute atomic E-state index is 5.82. The second-order valence-electron chi connectivity index (χ2n) is 2.67. The normalized spacial score (nSPS) is 12.6. The highest BCUT2D eigenvalue weighted by molar-refractivity contribution is 5.25. The number of methoxy groups -OCH3 is 1. The van der Waals surface area contributed by atoms with E-state index in [1.165, 1.54) is 0 Å². The maximum Gasteiger partial charge on any atom is 0.137 e. The number of ether oxygens (including phenoxy) is 1. The quantitative estimate of drug-likeness (QED) is 0.740. The predicted molar refractivity (Wildman–Crippen MR) is 48.0 cm³/mol. The number of hydrogen-bond acceptors (Lipinski definition) is 3. The van der Waals surface area contributed by atoms with E-state index in [-0.39, 0.29) is 6.04 Å². The monoisotopic (exact) mass is 166 g/mol. The van der Waals surface area contributed by atoms with Gasteiger partial charge in [-0.15, -0.1) is 0 Å². The van der Waals surface area contributed by atoms with Crippen LogP contribution in [0.4, 0.5) is 0 Å². The first-order chi connectivity index (χ1) is 5.77. The molecule has 12 heavy (non-hydrogen) atoms. The van der Waals surface area contributed by atoms with Gasteiger partial charge >= 0.3 is 0 Å². The molecule has 0 aliphatic rings. The van der Waals surface area contributed by atoms with Crippen LogP contribution in [0.2, 0.25) is 0 Å². The number of pyridine rings is 1. The first-order valence-electron chi connectivity index (χ1n) is 4.02. The maximum atomic E-state index is 5.82. The third kappa shape index (κ3) is 1.95. The Labute approximate surface area is 72.6 Å². The molecule has 3 nitrogen and oxygen atoms in total. The van der Waals surface area contributed by atoms with Crippen molar-refractivity contribution in [2.45, 2.75) is 19.4 Å². The predicted octanol–water partition coefficient (Wildman–Crippen LogP) is 1.50. The minimum Gasteiger partial charge on any atom is -0.495 e. The Bertz CT molecular complexity index is 250. The summed E-state index contributed by atoms with van der Waals surface area (Å²) in [5, 5.41) is 0. The zero-order valence-electron chi connectivity index (χ0n) is 7.45. The molecule has 1 aromatic heterocycles. The number of nitrogens with two attached hydrogens (primary N) is 1. The van der Waals surface area contributed by atoms with Crippen LogP contribution < -0.4 is 10.5 Å². The van der Waals surface area contributed by atoms with Crippen molar-refractivity contribution in [3.8, 4) is 5.75 Å². The van der Waals surface area contributed by atoms with Gasteiger partial charge in [0.15, 0.2) is 0 Å². The Morgan fingerprint density at radius 3 is 2.92 bits per heavy atom. The molecule has 0 aliphatic heterocycles. The Kier molecular flexibility index (Phi) is 3.05. The third-order valence-electron chi connectivity index (χ3n) is 1.84. The van der Waals surface area contributed by atoms with E-state index in [1.807, 2.05) is 13.0 Å². The molecule has 2 N–H and O–H groups in total. The van der Waals surface area contributed by atoms with Gasteiger partial charge in [0.1, 0.15) is 5.75 Å². The highest BCUT2D eigenvalue weighted by atomic mass is 16.5. The molecule has 0 bridgehead atoms. The van der Waals surface area contributed by atoms with Crippen LogP contribution in [0.5, 0.6) is 5.75 Å². The van der Waals surface area contributed by atoms with Crippen molar-refractivity contribution in [3.63, 3.8) is 0 Å². The standard InChI is InChI=1S/C9H14N2O/c1-3-9(10)7-4-8(12-2)6-11-5-7/h4-6,9H,3,10H2,1-2H3/t9-/m1/s1. The highest BCUT2D eigenvalue weighted by Crippen LogP contribution is 2.17. The number of hydrogen-bond donors (Lipinski definition) is 1. The highest BCUT2D eigenvalue weighted by Gasteiger charge is 2.03. The Morgan fingerprint density at radius 2 is 2.33 bits per heavy atom. The van der Waals surface area contributed by atoms with Crippen LogP contribution in [0.3, 0.4) is 0 Å². The second kappa shape index (κ2) is 4.07. The molecule has 0 amide bonds. The molecule has 0 radical (unpaired) electrons. The van der Waals surface area contributed by atoms with Gasteiger partial charge in [0, 0.05) is 12.2 Å². The van der Waals surface area contributed by atoms with E-state index >= 15 is 0 Å². The lowest BCUT2D eigenvalue weighted by Crippen LogP contribution is -2.08. The van der Waals surface area contributed by atoms with Gasteiger partial charge in [0.25, 0.3) is 0 Å². The van der Waals surface area contributed by atoms with Gasteiger partial charge in [0.05, 0.1) is 13.3 Å². The molecule has 0 spiro atoms. The SMILES string of the molecule is CC[C@@H](N)c1cncc(OC)c1. The van der Waals surface area contributed by atoms with Gasteiger partial charge in [-0.1, -0.05) is 6.92 Å². The van der Waals surface area contributed by atoms with Gasteiger partial charge in [-0.2, -0.15) is 0 Å². The van der Waals surface area contributed by atoms with Crippen LogP contribution in [0.25, 0.3) is 0 Å². The Balaban J connectivity index is 2.86. The first kappa shape index (κ1) is 9.00. The van der Waals surface area contributed by atoms with E-state index in [2.05, 4.69) is 4.98 Å². The molecule has 1 heterocycles. The van der Waals surface area contributed by atoms with Crippen LogP contribution in [0, 0.1) is 0 Å². The average Bonchev–Trinajstić information content (AvgIpc) is 2.17. The van der Waals surface area contributed by atoms with Crippen molar-refractivity contribution < 1.29 is 4.74 Å². The fourth-order valence-corrected chi connectivity index (χ4v) is 0.986. The van der Waals surface area contributed by atoms with Crippen molar-refractivity contribution in [1.29, 1.82) is 0 Å². The molecular weight excluding hydrogens is 152 g/mol. The van der Waals surface area contributed by atoms with Crippen molar-refractivity contribution >= 4 is 0 Å². The minimum atomic E-state index is 0.0626. The van der Waals surface area contributed by atoms with E-state index in [4.69, 9.17) is 10.5 Å². The Morgan fingerprint density at radius 1 is 1.58 bits per heavy atom. The van der Waals surface area contributed by atoms with Crippen LogP contribution in [0.15, 0.2) is 18.5 Å². The first-order valence-corrected chi connectivity index (χ1v) is 4.02. The zero-order valence-corrected chi connectivity index (χ0v) is 7.45. The summed E-state index contributed by atoms with van der Waals surface area (Å²) >= 11 is 0. The van der Waals surface area contributed by atoms with Crippen LogP contribution in [-0.4, -0.2) is 12.1 Å². The van der Waals surface area contributed by atoms with Gasteiger partial charge in [-0.3, -0.25) is 4.98 Å². The molecule has 1 aromatic rings. The van der Waals surface area contributed by atoms with Gasteiger partial charge in [0.2, 0.25) is 0 Å². The second-order valence-corrected chi connectivity index (χ2v) is 2.67. The molecule has 0 saturated heterocycles. The number of aromatic nitrogens is 1. The molecule has 0 aliphatic carbocycles. The molecule has 0 aromatic carbocycles. The van der Waals surface area contributed by atoms with Gasteiger partial charge in [-0.25, -0.2) is 0 Å². The Hall–Kier alpha value is -1.09. The molecule has 1 atom stereocenters. The van der Waals surface area contributed by atoms with Crippen molar-refractivity contribution in [2.24, 2.45) is 5.73 Å². The molecule has 0 unspecified atom stereocenters. The summed E-state index contributed by atoms with van der Waals surface area (Å²) in [6.07, 6.45) is 4.36. The summed E-state index contributed by atoms with van der Waals surface area (Å²) < 4.78 is 5.03. The molecule has 66 valence electrons. The molecule has 1 rings (SSSR count). The molecule has 0 fully saturated rings. The summed E-state index contributed by atoms with van der Waals surface area (Å²) in [5.74, 6) is 0.761. The topological polar surface area (TPSA) is 48.1 Å². The van der Waals surface area contributed by atoms with E-state index in [0.29, 0.717) is 0 Å². The van der Waals surface area contributed by atoms with Crippen LogP contribution in [-0.2, 0) is 0 Å². The number of nitrogens with zero attached hydrogens (tertiary/aromatic N) is 1. The van der Waals surface area contributed by atoms with E-state index in [1.54, 1.807) is 19.5 Å². The molecule has 3 heteroatoms. The van der Waals surface area contributed by atoms with Crippen LogP contribution >= 0.6 is 0 Å². The lowest BCUT2D eigenvalue weighted by atomic mass is 10.1. The van der Waals surface area contributed by atoms with Crippen molar-refractivity contribution in [2.75, 3.05) is 7.11 Å². The van der Waals surface area contributed by atoms with Gasteiger partial charge < -0.3 is 10.5 Å².